The molecule has 0 saturated heterocycles. The molecule has 3 heterocycles. The standard InChI is InChI=1S/C25H23F2N7O3/c1-4-37-34-25(35)17-13-30-21(33-24-18(27)8-14(2)12-31-24)11-19(17)32-20-10-15(26)9-16(22(20)36-3)23-28-6-5-7-29-23/h5-13H,4H2,1-3H3,(H,34,35)(H2,30,31,32,33). The summed E-state index contributed by atoms with van der Waals surface area (Å²) in [5, 5.41) is 5.81. The van der Waals surface area contributed by atoms with Crippen LogP contribution in [0.1, 0.15) is 22.8 Å². The Morgan fingerprint density at radius 2 is 1.76 bits per heavy atom. The molecule has 0 aliphatic heterocycles. The lowest BCUT2D eigenvalue weighted by Crippen LogP contribution is -2.24. The normalized spacial score (nSPS) is 10.6. The molecule has 1 amide bonds. The number of nitrogens with zero attached hydrogens (tertiary/aromatic N) is 4. The average molecular weight is 508 g/mol. The third-order valence-electron chi connectivity index (χ3n) is 5.02. The summed E-state index contributed by atoms with van der Waals surface area (Å²) < 4.78 is 34.6. The van der Waals surface area contributed by atoms with Crippen molar-refractivity contribution in [3.05, 3.63) is 77.9 Å². The predicted molar refractivity (Wildman–Crippen MR) is 133 cm³/mol. The number of nitrogens with one attached hydrogen (secondary N) is 3. The third-order valence-corrected chi connectivity index (χ3v) is 5.02. The van der Waals surface area contributed by atoms with Gasteiger partial charge in [-0.1, -0.05) is 0 Å². The number of halogens is 2. The molecule has 0 fully saturated rings. The van der Waals surface area contributed by atoms with Crippen molar-refractivity contribution in [1.82, 2.24) is 25.4 Å². The topological polar surface area (TPSA) is 123 Å². The van der Waals surface area contributed by atoms with E-state index in [2.05, 4.69) is 36.0 Å². The fourth-order valence-electron chi connectivity index (χ4n) is 3.40. The maximum Gasteiger partial charge on any atom is 0.278 e. The molecule has 0 spiro atoms. The average Bonchev–Trinajstić information content (AvgIpc) is 2.89. The second kappa shape index (κ2) is 11.4. The van der Waals surface area contributed by atoms with Gasteiger partial charge in [0.15, 0.2) is 23.2 Å². The molecular formula is C25H23F2N7O3. The molecule has 0 atom stereocenters. The molecule has 12 heteroatoms. The summed E-state index contributed by atoms with van der Waals surface area (Å²) in [6.45, 7) is 3.66. The summed E-state index contributed by atoms with van der Waals surface area (Å²) in [6, 6.07) is 6.85. The Labute approximate surface area is 211 Å². The van der Waals surface area contributed by atoms with E-state index in [0.717, 1.165) is 0 Å². The second-order valence-electron chi connectivity index (χ2n) is 7.68. The van der Waals surface area contributed by atoms with E-state index in [1.165, 1.54) is 56.2 Å². The highest BCUT2D eigenvalue weighted by atomic mass is 19.1. The molecule has 1 aromatic carbocycles. The number of ether oxygens (including phenoxy) is 1. The van der Waals surface area contributed by atoms with Crippen molar-refractivity contribution in [2.75, 3.05) is 24.4 Å². The fraction of sp³-hybridized carbons (Fsp3) is 0.160. The van der Waals surface area contributed by atoms with E-state index in [1.807, 2.05) is 0 Å². The number of aromatic nitrogens is 4. The molecule has 0 aliphatic carbocycles. The van der Waals surface area contributed by atoms with Gasteiger partial charge in [0.25, 0.3) is 5.91 Å². The van der Waals surface area contributed by atoms with Gasteiger partial charge in [-0.05, 0) is 37.6 Å². The summed E-state index contributed by atoms with van der Waals surface area (Å²) in [5.74, 6) is -1.17. The highest BCUT2D eigenvalue weighted by molar-refractivity contribution is 6.00. The molecule has 0 saturated carbocycles. The van der Waals surface area contributed by atoms with Crippen LogP contribution in [0.3, 0.4) is 0 Å². The largest absolute Gasteiger partial charge is 0.494 e. The maximum atomic E-state index is 14.7. The van der Waals surface area contributed by atoms with Gasteiger partial charge in [0.05, 0.1) is 36.2 Å². The Kier molecular flexibility index (Phi) is 7.79. The van der Waals surface area contributed by atoms with E-state index in [-0.39, 0.29) is 46.8 Å². The number of benzene rings is 1. The molecule has 0 aliphatic rings. The van der Waals surface area contributed by atoms with Crippen LogP contribution >= 0.6 is 0 Å². The lowest BCUT2D eigenvalue weighted by Gasteiger charge is -2.18. The van der Waals surface area contributed by atoms with E-state index < -0.39 is 17.5 Å². The van der Waals surface area contributed by atoms with Gasteiger partial charge in [-0.3, -0.25) is 9.63 Å². The van der Waals surface area contributed by atoms with Crippen LogP contribution in [0.4, 0.5) is 31.8 Å². The number of pyridine rings is 2. The van der Waals surface area contributed by atoms with Crippen molar-refractivity contribution in [3.8, 4) is 17.1 Å². The van der Waals surface area contributed by atoms with Gasteiger partial charge < -0.3 is 15.4 Å². The van der Waals surface area contributed by atoms with Crippen LogP contribution in [0.5, 0.6) is 5.75 Å². The van der Waals surface area contributed by atoms with Gasteiger partial charge in [-0.25, -0.2) is 34.2 Å². The van der Waals surface area contributed by atoms with Gasteiger partial charge >= 0.3 is 0 Å². The van der Waals surface area contributed by atoms with Crippen molar-refractivity contribution < 1.29 is 23.1 Å². The number of rotatable bonds is 9. The van der Waals surface area contributed by atoms with Crippen LogP contribution in [0.2, 0.25) is 0 Å². The minimum Gasteiger partial charge on any atom is -0.494 e. The van der Waals surface area contributed by atoms with E-state index in [4.69, 9.17) is 9.57 Å². The van der Waals surface area contributed by atoms with Gasteiger partial charge in [-0.15, -0.1) is 0 Å². The summed E-state index contributed by atoms with van der Waals surface area (Å²) in [5.41, 5.74) is 3.70. The van der Waals surface area contributed by atoms with Gasteiger partial charge in [0, 0.05) is 36.9 Å². The molecule has 0 bridgehead atoms. The molecule has 3 N–H and O–H groups in total. The van der Waals surface area contributed by atoms with E-state index in [1.54, 1.807) is 19.9 Å². The van der Waals surface area contributed by atoms with Gasteiger partial charge in [0.1, 0.15) is 11.6 Å². The summed E-state index contributed by atoms with van der Waals surface area (Å²) in [7, 11) is 1.42. The van der Waals surface area contributed by atoms with Crippen molar-refractivity contribution in [2.45, 2.75) is 13.8 Å². The Morgan fingerprint density at radius 3 is 2.46 bits per heavy atom. The predicted octanol–water partition coefficient (Wildman–Crippen LogP) is 4.70. The minimum atomic E-state index is -0.606. The molecule has 4 rings (SSSR count). The number of hydrogen-bond acceptors (Lipinski definition) is 9. The lowest BCUT2D eigenvalue weighted by molar-refractivity contribution is 0.0365. The Bertz CT molecular complexity index is 1420. The first-order chi connectivity index (χ1) is 17.9. The van der Waals surface area contributed by atoms with E-state index >= 15 is 0 Å². The van der Waals surface area contributed by atoms with Crippen molar-refractivity contribution in [3.63, 3.8) is 0 Å². The number of methoxy groups -OCH3 is 1. The molecular weight excluding hydrogens is 484 g/mol. The van der Waals surface area contributed by atoms with Crippen LogP contribution in [0.25, 0.3) is 11.4 Å². The van der Waals surface area contributed by atoms with Gasteiger partial charge in [-0.2, -0.15) is 0 Å². The second-order valence-corrected chi connectivity index (χ2v) is 7.68. The Hall–Kier alpha value is -4.71. The zero-order chi connectivity index (χ0) is 26.4. The van der Waals surface area contributed by atoms with Crippen LogP contribution in [0.15, 0.2) is 55.1 Å². The smallest absolute Gasteiger partial charge is 0.278 e. The zero-order valence-electron chi connectivity index (χ0n) is 20.2. The Morgan fingerprint density at radius 1 is 0.973 bits per heavy atom. The van der Waals surface area contributed by atoms with Gasteiger partial charge in [0.2, 0.25) is 0 Å². The Balaban J connectivity index is 1.77. The molecule has 37 heavy (non-hydrogen) atoms. The highest BCUT2D eigenvalue weighted by Gasteiger charge is 2.20. The number of carbonyl (C=O) groups is 1. The SMILES string of the molecule is CCONC(=O)c1cnc(Nc2ncc(C)cc2F)cc1Nc1cc(F)cc(-c2ncccn2)c1OC. The molecule has 0 radical (unpaired) electrons. The zero-order valence-corrected chi connectivity index (χ0v) is 20.2. The molecule has 3 aromatic heterocycles. The van der Waals surface area contributed by atoms with Crippen LogP contribution in [-0.4, -0.2) is 39.6 Å². The third kappa shape index (κ3) is 5.93. The van der Waals surface area contributed by atoms with Crippen molar-refractivity contribution in [1.29, 1.82) is 0 Å². The molecule has 4 aromatic rings. The van der Waals surface area contributed by atoms with E-state index in [0.29, 0.717) is 11.1 Å². The number of carbonyl (C=O) groups excluding carboxylic acids is 1. The first-order valence-corrected chi connectivity index (χ1v) is 11.1. The van der Waals surface area contributed by atoms with Crippen LogP contribution in [-0.2, 0) is 4.84 Å². The fourth-order valence-corrected chi connectivity index (χ4v) is 3.40. The minimum absolute atomic E-state index is 0.0533. The summed E-state index contributed by atoms with van der Waals surface area (Å²) in [6.07, 6.45) is 5.81. The van der Waals surface area contributed by atoms with Crippen LogP contribution in [0, 0.1) is 18.6 Å². The van der Waals surface area contributed by atoms with Crippen LogP contribution < -0.4 is 20.9 Å². The summed E-state index contributed by atoms with van der Waals surface area (Å²) >= 11 is 0. The number of hydroxylamine groups is 1. The number of anilines is 4. The first kappa shape index (κ1) is 25.4. The van der Waals surface area contributed by atoms with Crippen molar-refractivity contribution >= 4 is 28.9 Å². The number of amides is 1. The number of aryl methyl sites for hydroxylation is 1. The molecule has 10 nitrogen and oxygen atoms in total. The molecule has 190 valence electrons. The lowest BCUT2D eigenvalue weighted by atomic mass is 10.1. The van der Waals surface area contributed by atoms with E-state index in [9.17, 15) is 13.6 Å². The van der Waals surface area contributed by atoms with Crippen molar-refractivity contribution in [2.24, 2.45) is 0 Å². The molecule has 0 unspecified atom stereocenters. The maximum absolute atomic E-state index is 14.7. The quantitative estimate of drug-likeness (QED) is 0.277. The monoisotopic (exact) mass is 507 g/mol. The number of hydrogen-bond donors (Lipinski definition) is 3. The summed E-state index contributed by atoms with van der Waals surface area (Å²) in [4.78, 5) is 34.3. The highest BCUT2D eigenvalue weighted by Crippen LogP contribution is 2.38. The first-order valence-electron chi connectivity index (χ1n) is 11.1.